The summed E-state index contributed by atoms with van der Waals surface area (Å²) in [6, 6.07) is 120. The van der Waals surface area contributed by atoms with E-state index in [1.807, 2.05) is 0 Å². The van der Waals surface area contributed by atoms with Crippen LogP contribution < -0.4 is 77.9 Å². The number of hydrogen-bond acceptors (Lipinski definition) is 6. The third-order valence-corrected chi connectivity index (χ3v) is 22.1. The van der Waals surface area contributed by atoms with Crippen molar-refractivity contribution in [1.82, 2.24) is 0 Å². The zero-order chi connectivity index (χ0) is 68.2. The summed E-state index contributed by atoms with van der Waals surface area (Å²) in [4.78, 5) is 5.25. The number of anilines is 6. The van der Waals surface area contributed by atoms with Crippen molar-refractivity contribution in [3.8, 4) is 113 Å². The molecule has 21 rings (SSSR count). The highest BCUT2D eigenvalue weighted by atomic mass is 16.5. The van der Waals surface area contributed by atoms with Gasteiger partial charge < -0.3 is 28.7 Å². The molecule has 6 nitrogen and oxygen atoms in total. The molecule has 6 aliphatic heterocycles. The molecule has 15 aromatic rings. The molecular weight excluding hydrogens is 1250 g/mol. The van der Waals surface area contributed by atoms with Gasteiger partial charge in [-0.2, -0.15) is 0 Å². The quantitative estimate of drug-likeness (QED) is 0.141. The molecule has 103 heavy (non-hydrogen) atoms. The number of ether oxygens (including phenoxy) is 4. The lowest BCUT2D eigenvalue weighted by Crippen LogP contribution is -2.66. The van der Waals surface area contributed by atoms with Crippen molar-refractivity contribution in [3.05, 3.63) is 333 Å². The Morgan fingerprint density at radius 2 is 0.592 bits per heavy atom. The van der Waals surface area contributed by atoms with Crippen molar-refractivity contribution in [2.75, 3.05) is 9.80 Å². The number of rotatable bonds is 8. The normalized spacial score (nSPS) is 13.4. The van der Waals surface area contributed by atoms with E-state index in [-0.39, 0.29) is 12.1 Å². The molecule has 6 heterocycles. The van der Waals surface area contributed by atoms with Gasteiger partial charge >= 0.3 is 0 Å². The van der Waals surface area contributed by atoms with E-state index >= 15 is 0 Å². The summed E-state index contributed by atoms with van der Waals surface area (Å²) >= 11 is 0. The monoisotopic (exact) mass is 1320 g/mol. The van der Waals surface area contributed by atoms with Gasteiger partial charge in [-0.15, -0.1) is 0 Å². The fraction of sp³-hybridized carbons (Fsp3) is 0.0426. The maximum atomic E-state index is 8.27. The third-order valence-electron chi connectivity index (χ3n) is 22.1. The van der Waals surface area contributed by atoms with Gasteiger partial charge in [0, 0.05) is 73.5 Å². The fourth-order valence-electron chi connectivity index (χ4n) is 17.4. The summed E-state index contributed by atoms with van der Waals surface area (Å²) in [6.45, 7) is 6.01. The van der Waals surface area contributed by atoms with Crippen LogP contribution >= 0.6 is 0 Å². The zero-order valence-electron chi connectivity index (χ0n) is 56.9. The lowest BCUT2D eigenvalue weighted by molar-refractivity contribution is 0.444. The molecule has 0 fully saturated rings. The van der Waals surface area contributed by atoms with Gasteiger partial charge in [0.2, 0.25) is 0 Å². The zero-order valence-corrected chi connectivity index (χ0v) is 56.9. The molecule has 0 aromatic heterocycles. The van der Waals surface area contributed by atoms with Crippen molar-refractivity contribution < 1.29 is 18.9 Å². The summed E-state index contributed by atoms with van der Waals surface area (Å²) in [5.74, 6) is 5.96. The highest BCUT2D eigenvalue weighted by Gasteiger charge is 2.54. The summed E-state index contributed by atoms with van der Waals surface area (Å²) in [5.41, 5.74) is 29.7. The first-order chi connectivity index (χ1) is 50.8. The second-order valence-corrected chi connectivity index (χ2v) is 28.8. The third kappa shape index (κ3) is 9.11. The van der Waals surface area contributed by atoms with Crippen molar-refractivity contribution in [2.24, 2.45) is 0 Å². The summed E-state index contributed by atoms with van der Waals surface area (Å²) in [5, 5.41) is 0. The number of nitrogens with zero attached hydrogens (tertiary/aromatic N) is 2. The van der Waals surface area contributed by atoms with E-state index in [1.54, 1.807) is 0 Å². The van der Waals surface area contributed by atoms with Crippen LogP contribution in [0.5, 0.6) is 46.0 Å². The standard InChI is InChI=1S/C94H63B3N2O4/c1-94(2,3)66-54-76-85-77(55-66)99(91-69(62-36-18-8-19-37-62)42-27-43-70(91)63-38-20-9-21-39-63)78-56-82-88-92(86(78)96(85)71-50-48-64(58-28-10-4-11-29-58)52-75(71)98(76)90-67(60-32-14-6-15-33-60)40-26-41-68(90)61-34-16-7-17-35-61)103-84-57-83-87-93(102-80-47-25-23-45-73(80)95(87)72-44-22-24-46-79(72)100-83)89(84)97(88)74-51-49-65(53-81(74)101-82)59-30-12-5-13-31-59/h4-57H,1-3H3. The number of hydrogen-bond donors (Lipinski definition) is 0. The number of benzene rings is 15. The second-order valence-electron chi connectivity index (χ2n) is 28.8. The van der Waals surface area contributed by atoms with Crippen LogP contribution in [0.3, 0.4) is 0 Å². The van der Waals surface area contributed by atoms with Crippen LogP contribution in [0.15, 0.2) is 328 Å². The number of fused-ring (bicyclic) bond motifs is 14. The predicted octanol–water partition coefficient (Wildman–Crippen LogP) is 18.5. The summed E-state index contributed by atoms with van der Waals surface area (Å²) < 4.78 is 30.8. The molecule has 0 N–H and O–H groups in total. The maximum Gasteiger partial charge on any atom is 0.265 e. The number of para-hydroxylation sites is 4. The van der Waals surface area contributed by atoms with Gasteiger partial charge in [0.1, 0.15) is 46.0 Å². The Morgan fingerprint density at radius 1 is 0.233 bits per heavy atom. The molecule has 0 amide bonds. The smallest absolute Gasteiger partial charge is 0.265 e. The Morgan fingerprint density at radius 3 is 1.10 bits per heavy atom. The minimum absolute atomic E-state index is 0.170. The van der Waals surface area contributed by atoms with E-state index in [1.165, 1.54) is 5.56 Å². The predicted molar refractivity (Wildman–Crippen MR) is 427 cm³/mol. The van der Waals surface area contributed by atoms with Crippen molar-refractivity contribution in [1.29, 1.82) is 0 Å². The second kappa shape index (κ2) is 22.9. The van der Waals surface area contributed by atoms with Gasteiger partial charge in [-0.25, -0.2) is 0 Å². The molecule has 0 aliphatic carbocycles. The molecule has 9 heteroatoms. The minimum Gasteiger partial charge on any atom is -0.459 e. The Bertz CT molecular complexity index is 5880. The highest BCUT2D eigenvalue weighted by molar-refractivity contribution is 7.04. The molecule has 0 atom stereocenters. The molecular formula is C94H63B3N2O4. The summed E-state index contributed by atoms with van der Waals surface area (Å²) in [6.07, 6.45) is 0. The van der Waals surface area contributed by atoms with E-state index in [0.717, 1.165) is 179 Å². The van der Waals surface area contributed by atoms with Gasteiger partial charge in [0.25, 0.3) is 20.1 Å². The van der Waals surface area contributed by atoms with Crippen LogP contribution in [0.4, 0.5) is 34.1 Å². The SMILES string of the molecule is CC(C)(C)c1cc2c3c(c1)N(c1c(-c4ccccc4)cccc1-c1ccccc1)c1cc4c5c(c1B3c1ccc(-c3ccccc3)cc1N2c1c(-c2ccccc2)cccc1-c1ccccc1)Oc1cc2c3c(c1B5c1ccc(-c5ccccc5)cc1O4)Oc1ccccc1B3c1ccccc1O2. The molecule has 0 saturated carbocycles. The highest BCUT2D eigenvalue weighted by Crippen LogP contribution is 2.56. The average molecular weight is 1320 g/mol. The molecule has 0 spiro atoms. The van der Waals surface area contributed by atoms with E-state index in [2.05, 4.69) is 358 Å². The van der Waals surface area contributed by atoms with Crippen molar-refractivity contribution in [3.63, 3.8) is 0 Å². The van der Waals surface area contributed by atoms with Gasteiger partial charge in [-0.3, -0.25) is 0 Å². The Kier molecular flexibility index (Phi) is 13.2. The van der Waals surface area contributed by atoms with E-state index in [4.69, 9.17) is 18.9 Å². The van der Waals surface area contributed by atoms with Gasteiger partial charge in [-0.05, 0) is 125 Å². The van der Waals surface area contributed by atoms with Crippen LogP contribution in [0.2, 0.25) is 0 Å². The van der Waals surface area contributed by atoms with Gasteiger partial charge in [0.05, 0.1) is 11.4 Å². The first kappa shape index (κ1) is 59.2. The topological polar surface area (TPSA) is 43.4 Å². The van der Waals surface area contributed by atoms with Crippen LogP contribution in [0.25, 0.3) is 66.8 Å². The lowest BCUT2D eigenvalue weighted by Gasteiger charge is -2.48. The first-order valence-corrected chi connectivity index (χ1v) is 35.7. The van der Waals surface area contributed by atoms with Gasteiger partial charge in [0.15, 0.2) is 0 Å². The van der Waals surface area contributed by atoms with Crippen molar-refractivity contribution in [2.45, 2.75) is 26.2 Å². The van der Waals surface area contributed by atoms with Crippen molar-refractivity contribution >= 4 is 103 Å². The fourth-order valence-corrected chi connectivity index (χ4v) is 17.4. The molecule has 6 aliphatic rings. The van der Waals surface area contributed by atoms with Crippen LogP contribution in [0.1, 0.15) is 26.3 Å². The maximum absolute atomic E-state index is 8.27. The lowest BCUT2D eigenvalue weighted by atomic mass is 9.29. The molecule has 482 valence electrons. The van der Waals surface area contributed by atoms with Crippen LogP contribution in [-0.4, -0.2) is 20.1 Å². The molecule has 0 bridgehead atoms. The molecule has 15 aromatic carbocycles. The Labute approximate surface area is 600 Å². The Hall–Kier alpha value is -12.7. The first-order valence-electron chi connectivity index (χ1n) is 35.7. The van der Waals surface area contributed by atoms with E-state index in [9.17, 15) is 0 Å². The molecule has 0 unspecified atom stereocenters. The largest absolute Gasteiger partial charge is 0.459 e. The van der Waals surface area contributed by atoms with Gasteiger partial charge in [-0.1, -0.05) is 300 Å². The average Bonchev–Trinajstić information content (AvgIpc) is 0.673. The van der Waals surface area contributed by atoms with E-state index < -0.39 is 13.4 Å². The minimum atomic E-state index is -0.448. The van der Waals surface area contributed by atoms with E-state index in [0.29, 0.717) is 17.2 Å². The molecule has 0 saturated heterocycles. The van der Waals surface area contributed by atoms with Crippen LogP contribution in [-0.2, 0) is 5.41 Å². The Balaban J connectivity index is 0.930. The molecule has 0 radical (unpaired) electrons. The van der Waals surface area contributed by atoms with Crippen LogP contribution in [0, 0.1) is 0 Å². The summed E-state index contributed by atoms with van der Waals surface area (Å²) in [7, 11) is 0.